The van der Waals surface area contributed by atoms with E-state index in [1.165, 1.54) is 11.3 Å². The molecule has 0 aliphatic heterocycles. The zero-order valence-electron chi connectivity index (χ0n) is 8.32. The van der Waals surface area contributed by atoms with E-state index in [0.717, 1.165) is 6.07 Å². The molecule has 0 spiro atoms. The molecule has 3 rings (SSSR count). The number of imidazole rings is 1. The van der Waals surface area contributed by atoms with Crippen LogP contribution in [0.25, 0.3) is 16.2 Å². The number of nitrogens with zero attached hydrogens (tertiary/aromatic N) is 2. The molecule has 2 aromatic heterocycles. The Morgan fingerprint density at radius 1 is 1.06 bits per heavy atom. The van der Waals surface area contributed by atoms with Gasteiger partial charge < -0.3 is 0 Å². The molecule has 17 heavy (non-hydrogen) atoms. The van der Waals surface area contributed by atoms with Gasteiger partial charge in [-0.2, -0.15) is 0 Å². The lowest BCUT2D eigenvalue weighted by atomic mass is 10.1. The van der Waals surface area contributed by atoms with Gasteiger partial charge in [0.2, 0.25) is 0 Å². The van der Waals surface area contributed by atoms with Crippen LogP contribution in [0.2, 0.25) is 0 Å². The molecule has 86 valence electrons. The average Bonchev–Trinajstić information content (AvgIpc) is 2.83. The minimum atomic E-state index is -1.20. The number of rotatable bonds is 1. The van der Waals surface area contributed by atoms with Crippen LogP contribution in [0.3, 0.4) is 0 Å². The number of fused-ring (bicyclic) bond motifs is 1. The van der Waals surface area contributed by atoms with Gasteiger partial charge in [-0.05, 0) is 6.07 Å². The van der Waals surface area contributed by atoms with Gasteiger partial charge in [-0.1, -0.05) is 0 Å². The van der Waals surface area contributed by atoms with Crippen LogP contribution in [0.1, 0.15) is 0 Å². The molecule has 0 saturated carbocycles. The third-order valence-electron chi connectivity index (χ3n) is 2.38. The van der Waals surface area contributed by atoms with Crippen LogP contribution in [-0.2, 0) is 0 Å². The number of aromatic nitrogens is 2. The average molecular weight is 254 g/mol. The standard InChI is InChI=1S/C11H5F3N2S/c12-7-4-9(14)8(13)3-6(7)10-5-16-1-2-17-11(16)15-10/h1-5H. The van der Waals surface area contributed by atoms with E-state index in [4.69, 9.17) is 0 Å². The lowest BCUT2D eigenvalue weighted by Crippen LogP contribution is -1.91. The summed E-state index contributed by atoms with van der Waals surface area (Å²) in [6.45, 7) is 0. The summed E-state index contributed by atoms with van der Waals surface area (Å²) in [6.07, 6.45) is 3.33. The first kappa shape index (κ1) is 10.3. The van der Waals surface area contributed by atoms with Crippen LogP contribution in [0.4, 0.5) is 13.2 Å². The smallest absolute Gasteiger partial charge is 0.194 e. The Bertz CT molecular complexity index is 673. The molecule has 0 radical (unpaired) electrons. The van der Waals surface area contributed by atoms with E-state index < -0.39 is 17.5 Å². The van der Waals surface area contributed by atoms with Crippen molar-refractivity contribution in [3.8, 4) is 11.3 Å². The Kier molecular flexibility index (Phi) is 2.19. The summed E-state index contributed by atoms with van der Waals surface area (Å²) >= 11 is 1.38. The Labute approximate surface area is 98.0 Å². The molecule has 0 N–H and O–H groups in total. The molecule has 1 aromatic carbocycles. The van der Waals surface area contributed by atoms with Crippen LogP contribution in [-0.4, -0.2) is 9.38 Å². The predicted molar refractivity (Wildman–Crippen MR) is 58.4 cm³/mol. The maximum atomic E-state index is 13.5. The van der Waals surface area contributed by atoms with E-state index in [-0.39, 0.29) is 11.3 Å². The second-order valence-electron chi connectivity index (χ2n) is 3.47. The van der Waals surface area contributed by atoms with Crippen molar-refractivity contribution in [3.05, 3.63) is 47.4 Å². The molecular formula is C11H5F3N2S. The Balaban J connectivity index is 2.21. The summed E-state index contributed by atoms with van der Waals surface area (Å²) in [5.41, 5.74) is 0.244. The summed E-state index contributed by atoms with van der Waals surface area (Å²) < 4.78 is 41.0. The van der Waals surface area contributed by atoms with Gasteiger partial charge in [0.05, 0.1) is 5.69 Å². The van der Waals surface area contributed by atoms with Crippen LogP contribution < -0.4 is 0 Å². The van der Waals surface area contributed by atoms with Crippen molar-refractivity contribution < 1.29 is 13.2 Å². The second kappa shape index (κ2) is 3.59. The fourth-order valence-corrected chi connectivity index (χ4v) is 2.28. The summed E-state index contributed by atoms with van der Waals surface area (Å²) in [5.74, 6) is -3.11. The van der Waals surface area contributed by atoms with Crippen LogP contribution >= 0.6 is 11.3 Å². The first-order valence-corrected chi connectivity index (χ1v) is 5.60. The predicted octanol–water partition coefficient (Wildman–Crippen LogP) is 3.48. The van der Waals surface area contributed by atoms with Crippen LogP contribution in [0, 0.1) is 17.5 Å². The number of thiazole rings is 1. The molecule has 6 heteroatoms. The zero-order chi connectivity index (χ0) is 12.0. The molecule has 2 heterocycles. The molecule has 0 unspecified atom stereocenters. The summed E-state index contributed by atoms with van der Waals surface area (Å²) in [6, 6.07) is 1.34. The van der Waals surface area contributed by atoms with Gasteiger partial charge in [0, 0.05) is 29.4 Å². The van der Waals surface area contributed by atoms with E-state index in [0.29, 0.717) is 11.0 Å². The molecule has 3 aromatic rings. The van der Waals surface area contributed by atoms with Gasteiger partial charge in [0.25, 0.3) is 0 Å². The van der Waals surface area contributed by atoms with Gasteiger partial charge in [-0.15, -0.1) is 11.3 Å². The third-order valence-corrected chi connectivity index (χ3v) is 3.15. The highest BCUT2D eigenvalue weighted by Crippen LogP contribution is 2.25. The maximum absolute atomic E-state index is 13.5. The minimum Gasteiger partial charge on any atom is -0.297 e. The van der Waals surface area contributed by atoms with Crippen LogP contribution in [0.15, 0.2) is 29.9 Å². The van der Waals surface area contributed by atoms with Crippen molar-refractivity contribution in [1.29, 1.82) is 0 Å². The molecule has 0 saturated heterocycles. The van der Waals surface area contributed by atoms with E-state index >= 15 is 0 Å². The lowest BCUT2D eigenvalue weighted by Gasteiger charge is -2.00. The Hall–Kier alpha value is -1.82. The second-order valence-corrected chi connectivity index (χ2v) is 4.34. The van der Waals surface area contributed by atoms with E-state index in [1.807, 2.05) is 5.38 Å². The van der Waals surface area contributed by atoms with Crippen molar-refractivity contribution in [2.75, 3.05) is 0 Å². The zero-order valence-corrected chi connectivity index (χ0v) is 9.14. The topological polar surface area (TPSA) is 17.3 Å². The van der Waals surface area contributed by atoms with Crippen molar-refractivity contribution in [3.63, 3.8) is 0 Å². The highest BCUT2D eigenvalue weighted by atomic mass is 32.1. The SMILES string of the molecule is Fc1cc(F)c(-c2cn3ccsc3n2)cc1F. The lowest BCUT2D eigenvalue weighted by molar-refractivity contribution is 0.496. The number of benzene rings is 1. The highest BCUT2D eigenvalue weighted by molar-refractivity contribution is 7.15. The first-order chi connectivity index (χ1) is 8.15. The summed E-state index contributed by atoms with van der Waals surface area (Å²) in [4.78, 5) is 4.80. The molecule has 0 atom stereocenters. The third kappa shape index (κ3) is 1.61. The van der Waals surface area contributed by atoms with Gasteiger partial charge in [-0.25, -0.2) is 18.2 Å². The molecule has 2 nitrogen and oxygen atoms in total. The highest BCUT2D eigenvalue weighted by Gasteiger charge is 2.14. The minimum absolute atomic E-state index is 0.0419. The summed E-state index contributed by atoms with van der Waals surface area (Å²) in [5, 5.41) is 1.83. The van der Waals surface area contributed by atoms with E-state index in [9.17, 15) is 13.2 Å². The van der Waals surface area contributed by atoms with Crippen LogP contribution in [0.5, 0.6) is 0 Å². The first-order valence-electron chi connectivity index (χ1n) is 4.72. The maximum Gasteiger partial charge on any atom is 0.194 e. The summed E-state index contributed by atoms with van der Waals surface area (Å²) in [7, 11) is 0. The van der Waals surface area contributed by atoms with Crippen molar-refractivity contribution in [2.45, 2.75) is 0 Å². The number of hydrogen-bond donors (Lipinski definition) is 0. The van der Waals surface area contributed by atoms with Gasteiger partial charge >= 0.3 is 0 Å². The van der Waals surface area contributed by atoms with Gasteiger partial charge in [0.15, 0.2) is 16.6 Å². The molecule has 0 aliphatic carbocycles. The molecule has 0 fully saturated rings. The Morgan fingerprint density at radius 3 is 2.59 bits per heavy atom. The largest absolute Gasteiger partial charge is 0.297 e. The van der Waals surface area contributed by atoms with Gasteiger partial charge in [-0.3, -0.25) is 4.40 Å². The Morgan fingerprint density at radius 2 is 1.82 bits per heavy atom. The van der Waals surface area contributed by atoms with Crippen molar-refractivity contribution in [2.24, 2.45) is 0 Å². The molecule has 0 aliphatic rings. The monoisotopic (exact) mass is 254 g/mol. The fourth-order valence-electron chi connectivity index (χ4n) is 1.58. The van der Waals surface area contributed by atoms with Crippen molar-refractivity contribution in [1.82, 2.24) is 9.38 Å². The number of hydrogen-bond acceptors (Lipinski definition) is 2. The van der Waals surface area contributed by atoms with Crippen molar-refractivity contribution >= 4 is 16.3 Å². The molecular weight excluding hydrogens is 249 g/mol. The molecule has 0 amide bonds. The van der Waals surface area contributed by atoms with Gasteiger partial charge in [0.1, 0.15) is 5.82 Å². The fraction of sp³-hybridized carbons (Fsp3) is 0. The van der Waals surface area contributed by atoms with E-state index in [1.54, 1.807) is 16.8 Å². The van der Waals surface area contributed by atoms with E-state index in [2.05, 4.69) is 4.98 Å². The number of halogens is 3. The quantitative estimate of drug-likeness (QED) is 0.608. The molecule has 0 bridgehead atoms. The normalized spacial score (nSPS) is 11.2.